The Balaban J connectivity index is 2.38. The standard InChI is InChI=1S/C16H29N3/c1-13(2)8-17-9-15-6-7-16(18-10-15)12-19(5)11-14(3)4/h6-7,10,13-14,17H,8-9,11-12H2,1-5H3. The molecule has 0 aliphatic heterocycles. The lowest BCUT2D eigenvalue weighted by Gasteiger charge is -2.18. The van der Waals surface area contributed by atoms with Gasteiger partial charge in [-0.25, -0.2) is 0 Å². The first-order valence-electron chi connectivity index (χ1n) is 7.30. The molecule has 3 heteroatoms. The third-order valence-corrected chi connectivity index (χ3v) is 2.88. The molecule has 0 aliphatic rings. The Morgan fingerprint density at radius 2 is 1.89 bits per heavy atom. The molecule has 3 nitrogen and oxygen atoms in total. The molecule has 19 heavy (non-hydrogen) atoms. The van der Waals surface area contributed by atoms with E-state index in [-0.39, 0.29) is 0 Å². The van der Waals surface area contributed by atoms with Crippen molar-refractivity contribution in [3.05, 3.63) is 29.6 Å². The normalized spacial score (nSPS) is 11.8. The zero-order valence-electron chi connectivity index (χ0n) is 13.1. The molecule has 0 spiro atoms. The van der Waals surface area contributed by atoms with Crippen LogP contribution in [0.15, 0.2) is 18.3 Å². The molecule has 0 amide bonds. The predicted molar refractivity (Wildman–Crippen MR) is 82.0 cm³/mol. The zero-order valence-corrected chi connectivity index (χ0v) is 13.1. The lowest BCUT2D eigenvalue weighted by molar-refractivity contribution is 0.285. The van der Waals surface area contributed by atoms with Gasteiger partial charge < -0.3 is 10.2 Å². The van der Waals surface area contributed by atoms with Crippen LogP contribution in [0.1, 0.15) is 39.0 Å². The Hall–Kier alpha value is -0.930. The second kappa shape index (κ2) is 8.28. The van der Waals surface area contributed by atoms with E-state index in [1.165, 1.54) is 5.56 Å². The van der Waals surface area contributed by atoms with Gasteiger partial charge in [-0.1, -0.05) is 33.8 Å². The molecule has 0 saturated carbocycles. The van der Waals surface area contributed by atoms with Crippen LogP contribution in [0.3, 0.4) is 0 Å². The molecule has 0 radical (unpaired) electrons. The maximum absolute atomic E-state index is 4.54. The van der Waals surface area contributed by atoms with E-state index in [9.17, 15) is 0 Å². The quantitative estimate of drug-likeness (QED) is 0.781. The molecule has 0 aliphatic carbocycles. The average Bonchev–Trinajstić information content (AvgIpc) is 2.29. The molecule has 0 fully saturated rings. The van der Waals surface area contributed by atoms with Crippen LogP contribution >= 0.6 is 0 Å². The van der Waals surface area contributed by atoms with E-state index in [1.807, 2.05) is 6.20 Å². The minimum Gasteiger partial charge on any atom is -0.312 e. The highest BCUT2D eigenvalue weighted by Crippen LogP contribution is 2.05. The summed E-state index contributed by atoms with van der Waals surface area (Å²) < 4.78 is 0. The highest BCUT2D eigenvalue weighted by molar-refractivity contribution is 5.13. The van der Waals surface area contributed by atoms with E-state index in [4.69, 9.17) is 0 Å². The fourth-order valence-electron chi connectivity index (χ4n) is 2.12. The fraction of sp³-hybridized carbons (Fsp3) is 0.688. The fourth-order valence-corrected chi connectivity index (χ4v) is 2.12. The summed E-state index contributed by atoms with van der Waals surface area (Å²) in [6.07, 6.45) is 1.99. The van der Waals surface area contributed by atoms with Crippen molar-refractivity contribution in [2.24, 2.45) is 11.8 Å². The topological polar surface area (TPSA) is 28.2 Å². The van der Waals surface area contributed by atoms with Crippen LogP contribution in [0.25, 0.3) is 0 Å². The maximum atomic E-state index is 4.54. The molecule has 1 N–H and O–H groups in total. The number of hydrogen-bond acceptors (Lipinski definition) is 3. The SMILES string of the molecule is CC(C)CNCc1ccc(CN(C)CC(C)C)nc1. The maximum Gasteiger partial charge on any atom is 0.0544 e. The van der Waals surface area contributed by atoms with Crippen molar-refractivity contribution >= 4 is 0 Å². The van der Waals surface area contributed by atoms with Crippen molar-refractivity contribution in [2.75, 3.05) is 20.1 Å². The van der Waals surface area contributed by atoms with E-state index < -0.39 is 0 Å². The third kappa shape index (κ3) is 7.28. The van der Waals surface area contributed by atoms with Crippen LogP contribution in [0.2, 0.25) is 0 Å². The molecule has 1 rings (SSSR count). The third-order valence-electron chi connectivity index (χ3n) is 2.88. The van der Waals surface area contributed by atoms with Gasteiger partial charge in [0.25, 0.3) is 0 Å². The van der Waals surface area contributed by atoms with Crippen LogP contribution in [0, 0.1) is 11.8 Å². The van der Waals surface area contributed by atoms with Gasteiger partial charge in [-0.15, -0.1) is 0 Å². The van der Waals surface area contributed by atoms with Gasteiger partial charge >= 0.3 is 0 Å². The summed E-state index contributed by atoms with van der Waals surface area (Å²) in [5.74, 6) is 1.39. The largest absolute Gasteiger partial charge is 0.312 e. The van der Waals surface area contributed by atoms with Crippen molar-refractivity contribution in [3.63, 3.8) is 0 Å². The van der Waals surface area contributed by atoms with Crippen molar-refractivity contribution < 1.29 is 0 Å². The second-order valence-electron chi connectivity index (χ2n) is 6.27. The van der Waals surface area contributed by atoms with Gasteiger partial charge in [0.2, 0.25) is 0 Å². The summed E-state index contributed by atoms with van der Waals surface area (Å²) in [6.45, 7) is 12.9. The van der Waals surface area contributed by atoms with E-state index in [1.54, 1.807) is 0 Å². The van der Waals surface area contributed by atoms with Gasteiger partial charge in [-0.2, -0.15) is 0 Å². The molecule has 1 heterocycles. The molecule has 1 aromatic heterocycles. The Kier molecular flexibility index (Phi) is 7.03. The van der Waals surface area contributed by atoms with Crippen LogP contribution in [0.4, 0.5) is 0 Å². The Bertz CT molecular complexity index is 344. The number of hydrogen-bond donors (Lipinski definition) is 1. The minimum atomic E-state index is 0.692. The molecule has 0 saturated heterocycles. The first-order valence-corrected chi connectivity index (χ1v) is 7.30. The Labute approximate surface area is 118 Å². The van der Waals surface area contributed by atoms with Crippen LogP contribution in [-0.2, 0) is 13.1 Å². The van der Waals surface area contributed by atoms with Crippen molar-refractivity contribution in [3.8, 4) is 0 Å². The van der Waals surface area contributed by atoms with Crippen molar-refractivity contribution in [2.45, 2.75) is 40.8 Å². The van der Waals surface area contributed by atoms with E-state index >= 15 is 0 Å². The number of nitrogens with zero attached hydrogens (tertiary/aromatic N) is 2. The van der Waals surface area contributed by atoms with Gasteiger partial charge in [0.1, 0.15) is 0 Å². The van der Waals surface area contributed by atoms with E-state index in [2.05, 4.69) is 62.1 Å². The summed E-state index contributed by atoms with van der Waals surface area (Å²) in [6, 6.07) is 4.32. The lowest BCUT2D eigenvalue weighted by atomic mass is 10.2. The zero-order chi connectivity index (χ0) is 14.3. The molecule has 108 valence electrons. The van der Waals surface area contributed by atoms with Gasteiger partial charge in [-0.3, -0.25) is 4.98 Å². The first-order chi connectivity index (χ1) is 8.97. The molecular weight excluding hydrogens is 234 g/mol. The number of pyridine rings is 1. The van der Waals surface area contributed by atoms with Crippen molar-refractivity contribution in [1.29, 1.82) is 0 Å². The number of rotatable bonds is 8. The molecule has 0 bridgehead atoms. The summed E-state index contributed by atoms with van der Waals surface area (Å²) in [4.78, 5) is 6.87. The van der Waals surface area contributed by atoms with Crippen LogP contribution < -0.4 is 5.32 Å². The summed E-state index contributed by atoms with van der Waals surface area (Å²) in [7, 11) is 2.15. The van der Waals surface area contributed by atoms with Crippen LogP contribution in [-0.4, -0.2) is 30.0 Å². The van der Waals surface area contributed by atoms with Crippen LogP contribution in [0.5, 0.6) is 0 Å². The predicted octanol–water partition coefficient (Wildman–Crippen LogP) is 2.92. The summed E-state index contributed by atoms with van der Waals surface area (Å²) in [5.41, 5.74) is 2.41. The van der Waals surface area contributed by atoms with Crippen molar-refractivity contribution in [1.82, 2.24) is 15.2 Å². The minimum absolute atomic E-state index is 0.692. The molecule has 0 unspecified atom stereocenters. The van der Waals surface area contributed by atoms with Gasteiger partial charge in [0, 0.05) is 25.8 Å². The smallest absolute Gasteiger partial charge is 0.0544 e. The van der Waals surface area contributed by atoms with Gasteiger partial charge in [0.15, 0.2) is 0 Å². The number of nitrogens with one attached hydrogen (secondary N) is 1. The monoisotopic (exact) mass is 263 g/mol. The summed E-state index contributed by atoms with van der Waals surface area (Å²) in [5, 5.41) is 3.44. The summed E-state index contributed by atoms with van der Waals surface area (Å²) >= 11 is 0. The Morgan fingerprint density at radius 1 is 1.16 bits per heavy atom. The highest BCUT2D eigenvalue weighted by Gasteiger charge is 2.04. The van der Waals surface area contributed by atoms with E-state index in [0.29, 0.717) is 11.8 Å². The molecular formula is C16H29N3. The first kappa shape index (κ1) is 16.1. The second-order valence-corrected chi connectivity index (χ2v) is 6.27. The number of aromatic nitrogens is 1. The molecule has 1 aromatic rings. The lowest BCUT2D eigenvalue weighted by Crippen LogP contribution is -2.23. The van der Waals surface area contributed by atoms with Gasteiger partial charge in [-0.05, 0) is 37.1 Å². The highest BCUT2D eigenvalue weighted by atomic mass is 15.1. The van der Waals surface area contributed by atoms with E-state index in [0.717, 1.165) is 31.9 Å². The van der Waals surface area contributed by atoms with Gasteiger partial charge in [0.05, 0.1) is 5.69 Å². The average molecular weight is 263 g/mol. The Morgan fingerprint density at radius 3 is 2.42 bits per heavy atom. The molecule has 0 atom stereocenters. The molecule has 0 aromatic carbocycles.